The quantitative estimate of drug-likeness (QED) is 0.881. The first-order valence-corrected chi connectivity index (χ1v) is 10.3. The van der Waals surface area contributed by atoms with Crippen LogP contribution in [0.2, 0.25) is 0 Å². The topological polar surface area (TPSA) is 55.9 Å². The van der Waals surface area contributed by atoms with Gasteiger partial charge in [0, 0.05) is 57.8 Å². The fourth-order valence-corrected chi connectivity index (χ4v) is 4.05. The second-order valence-electron chi connectivity index (χ2n) is 8.07. The molecule has 3 fully saturated rings. The summed E-state index contributed by atoms with van der Waals surface area (Å²) in [5.74, 6) is 0.368. The van der Waals surface area contributed by atoms with Crippen LogP contribution >= 0.6 is 0 Å². The maximum atomic E-state index is 12.9. The number of amides is 3. The van der Waals surface area contributed by atoms with Crippen LogP contribution in [0, 0.1) is 5.92 Å². The molecule has 2 heterocycles. The molecule has 1 aromatic rings. The van der Waals surface area contributed by atoms with Crippen molar-refractivity contribution >= 4 is 11.9 Å². The highest BCUT2D eigenvalue weighted by atomic mass is 16.2. The lowest BCUT2D eigenvalue weighted by Gasteiger charge is -2.38. The molecule has 6 heteroatoms. The summed E-state index contributed by atoms with van der Waals surface area (Å²) in [4.78, 5) is 31.3. The Kier molecular flexibility index (Phi) is 5.62. The molecule has 1 aliphatic carbocycles. The van der Waals surface area contributed by atoms with Gasteiger partial charge in [-0.15, -0.1) is 0 Å². The highest BCUT2D eigenvalue weighted by molar-refractivity contribution is 5.80. The molecule has 0 radical (unpaired) electrons. The number of hydrogen-bond acceptors (Lipinski definition) is 3. The fourth-order valence-electron chi connectivity index (χ4n) is 4.05. The van der Waals surface area contributed by atoms with E-state index in [1.165, 1.54) is 5.56 Å². The van der Waals surface area contributed by atoms with E-state index in [1.807, 2.05) is 15.9 Å². The molecule has 6 nitrogen and oxygen atoms in total. The van der Waals surface area contributed by atoms with Crippen LogP contribution < -0.4 is 5.32 Å². The van der Waals surface area contributed by atoms with Gasteiger partial charge in [-0.3, -0.25) is 9.69 Å². The summed E-state index contributed by atoms with van der Waals surface area (Å²) in [5.41, 5.74) is 1.33. The summed E-state index contributed by atoms with van der Waals surface area (Å²) < 4.78 is 0. The van der Waals surface area contributed by atoms with Crippen LogP contribution in [0.4, 0.5) is 4.79 Å². The van der Waals surface area contributed by atoms with Crippen LogP contribution in [0.3, 0.4) is 0 Å². The Morgan fingerprint density at radius 2 is 1.52 bits per heavy atom. The van der Waals surface area contributed by atoms with Crippen LogP contribution in [0.5, 0.6) is 0 Å². The third-order valence-corrected chi connectivity index (χ3v) is 5.97. The van der Waals surface area contributed by atoms with E-state index in [0.717, 1.165) is 58.4 Å². The highest BCUT2D eigenvalue weighted by Crippen LogP contribution is 2.23. The van der Waals surface area contributed by atoms with E-state index in [0.29, 0.717) is 19.1 Å². The summed E-state index contributed by atoms with van der Waals surface area (Å²) in [6.45, 7) is 5.85. The van der Waals surface area contributed by atoms with Crippen LogP contribution in [0.1, 0.15) is 31.2 Å². The third-order valence-electron chi connectivity index (χ3n) is 5.97. The molecule has 0 bridgehead atoms. The zero-order chi connectivity index (χ0) is 18.6. The number of carbonyl (C=O) groups excluding carboxylic acids is 2. The Morgan fingerprint density at radius 1 is 0.852 bits per heavy atom. The van der Waals surface area contributed by atoms with Gasteiger partial charge < -0.3 is 15.1 Å². The van der Waals surface area contributed by atoms with Gasteiger partial charge in [-0.1, -0.05) is 30.3 Å². The lowest BCUT2D eigenvalue weighted by Crippen LogP contribution is -2.52. The van der Waals surface area contributed by atoms with Gasteiger partial charge in [0.2, 0.25) is 5.91 Å². The van der Waals surface area contributed by atoms with Crippen LogP contribution in [0.15, 0.2) is 30.3 Å². The number of rotatable bonds is 4. The Hall–Kier alpha value is -2.08. The second-order valence-corrected chi connectivity index (χ2v) is 8.07. The molecule has 2 aliphatic heterocycles. The zero-order valence-electron chi connectivity index (χ0n) is 16.0. The monoisotopic (exact) mass is 370 g/mol. The van der Waals surface area contributed by atoms with Crippen molar-refractivity contribution in [1.29, 1.82) is 0 Å². The molecular weight excluding hydrogens is 340 g/mol. The first-order valence-electron chi connectivity index (χ1n) is 10.3. The van der Waals surface area contributed by atoms with E-state index >= 15 is 0 Å². The number of piperidine rings is 1. The van der Waals surface area contributed by atoms with Crippen molar-refractivity contribution in [2.24, 2.45) is 5.92 Å². The standard InChI is InChI=1S/C21H30N4O2/c26-20(18-8-10-25(11-9-18)21(27)22-19-6-7-19)24-14-12-23(13-15-24)16-17-4-2-1-3-5-17/h1-5,18-19H,6-16H2,(H,22,27). The highest BCUT2D eigenvalue weighted by Gasteiger charge is 2.33. The van der Waals surface area contributed by atoms with E-state index in [4.69, 9.17) is 0 Å². The largest absolute Gasteiger partial charge is 0.340 e. The molecule has 2 saturated heterocycles. The summed E-state index contributed by atoms with van der Waals surface area (Å²) in [5, 5.41) is 3.04. The Balaban J connectivity index is 1.20. The molecule has 1 aromatic carbocycles. The van der Waals surface area contributed by atoms with Crippen molar-refractivity contribution in [3.8, 4) is 0 Å². The first-order chi connectivity index (χ1) is 13.2. The molecular formula is C21H30N4O2. The average Bonchev–Trinajstić information content (AvgIpc) is 3.53. The zero-order valence-corrected chi connectivity index (χ0v) is 16.0. The molecule has 0 spiro atoms. The predicted molar refractivity (Wildman–Crippen MR) is 104 cm³/mol. The van der Waals surface area contributed by atoms with Gasteiger partial charge in [-0.2, -0.15) is 0 Å². The van der Waals surface area contributed by atoms with E-state index in [-0.39, 0.29) is 17.9 Å². The van der Waals surface area contributed by atoms with Crippen molar-refractivity contribution in [3.63, 3.8) is 0 Å². The molecule has 1 N–H and O–H groups in total. The van der Waals surface area contributed by atoms with Gasteiger partial charge in [-0.05, 0) is 31.2 Å². The smallest absolute Gasteiger partial charge is 0.317 e. The molecule has 1 saturated carbocycles. The Morgan fingerprint density at radius 3 is 2.15 bits per heavy atom. The molecule has 3 aliphatic rings. The lowest BCUT2D eigenvalue weighted by molar-refractivity contribution is -0.138. The minimum Gasteiger partial charge on any atom is -0.340 e. The van der Waals surface area contributed by atoms with Gasteiger partial charge in [0.15, 0.2) is 0 Å². The second kappa shape index (κ2) is 8.30. The molecule has 0 atom stereocenters. The summed E-state index contributed by atoms with van der Waals surface area (Å²) in [6, 6.07) is 11.0. The SMILES string of the molecule is O=C(NC1CC1)N1CCC(C(=O)N2CCN(Cc3ccccc3)CC2)CC1. The number of nitrogens with one attached hydrogen (secondary N) is 1. The Bertz CT molecular complexity index is 645. The summed E-state index contributed by atoms with van der Waals surface area (Å²) in [6.07, 6.45) is 3.80. The number of nitrogens with zero attached hydrogens (tertiary/aromatic N) is 3. The number of likely N-dealkylation sites (tertiary alicyclic amines) is 1. The third kappa shape index (κ3) is 4.80. The number of hydrogen-bond donors (Lipinski definition) is 1. The van der Waals surface area contributed by atoms with Crippen molar-refractivity contribution in [3.05, 3.63) is 35.9 Å². The average molecular weight is 370 g/mol. The minimum absolute atomic E-state index is 0.0536. The molecule has 0 aromatic heterocycles. The van der Waals surface area contributed by atoms with Gasteiger partial charge in [0.25, 0.3) is 0 Å². The van der Waals surface area contributed by atoms with E-state index in [1.54, 1.807) is 0 Å². The number of urea groups is 1. The number of carbonyl (C=O) groups is 2. The van der Waals surface area contributed by atoms with Crippen LogP contribution in [-0.4, -0.2) is 71.9 Å². The first kappa shape index (κ1) is 18.3. The summed E-state index contributed by atoms with van der Waals surface area (Å²) in [7, 11) is 0. The molecule has 3 amide bonds. The maximum Gasteiger partial charge on any atom is 0.317 e. The molecule has 4 rings (SSSR count). The molecule has 27 heavy (non-hydrogen) atoms. The number of piperazine rings is 1. The van der Waals surface area contributed by atoms with E-state index in [2.05, 4.69) is 34.5 Å². The molecule has 0 unspecified atom stereocenters. The van der Waals surface area contributed by atoms with E-state index in [9.17, 15) is 9.59 Å². The normalized spacial score (nSPS) is 21.9. The van der Waals surface area contributed by atoms with E-state index < -0.39 is 0 Å². The van der Waals surface area contributed by atoms with Crippen molar-refractivity contribution < 1.29 is 9.59 Å². The Labute approximate surface area is 161 Å². The van der Waals surface area contributed by atoms with Gasteiger partial charge in [0.1, 0.15) is 0 Å². The fraction of sp³-hybridized carbons (Fsp3) is 0.619. The summed E-state index contributed by atoms with van der Waals surface area (Å²) >= 11 is 0. The van der Waals surface area contributed by atoms with Crippen molar-refractivity contribution in [2.75, 3.05) is 39.3 Å². The maximum absolute atomic E-state index is 12.9. The minimum atomic E-state index is 0.0536. The van der Waals surface area contributed by atoms with Gasteiger partial charge in [0.05, 0.1) is 0 Å². The number of benzene rings is 1. The van der Waals surface area contributed by atoms with Crippen molar-refractivity contribution in [2.45, 2.75) is 38.3 Å². The van der Waals surface area contributed by atoms with Crippen molar-refractivity contribution in [1.82, 2.24) is 20.0 Å². The lowest BCUT2D eigenvalue weighted by atomic mass is 9.95. The molecule has 146 valence electrons. The van der Waals surface area contributed by atoms with Gasteiger partial charge in [-0.25, -0.2) is 4.79 Å². The van der Waals surface area contributed by atoms with Crippen LogP contribution in [0.25, 0.3) is 0 Å². The van der Waals surface area contributed by atoms with Crippen LogP contribution in [-0.2, 0) is 11.3 Å². The van der Waals surface area contributed by atoms with Gasteiger partial charge >= 0.3 is 6.03 Å². The predicted octanol–water partition coefficient (Wildman–Crippen LogP) is 1.91.